The maximum absolute atomic E-state index is 13.8. The number of carbonyl (C=O) groups excluding carboxylic acids is 3. The summed E-state index contributed by atoms with van der Waals surface area (Å²) in [5.41, 5.74) is 1.68. The molecule has 2 unspecified atom stereocenters. The van der Waals surface area contributed by atoms with Gasteiger partial charge in [0, 0.05) is 10.7 Å². The highest BCUT2D eigenvalue weighted by atomic mass is 32.2. The SMILES string of the molecule is CC(C)C(=O)N(Oc1ccccc1)C1C(=O)N2C(C(=O)OC(c3ccccc3)c3ccccc3)C(C)(C)S[C@H]12. The normalized spacial score (nSPS) is 21.3. The van der Waals surface area contributed by atoms with Crippen LogP contribution in [0.1, 0.15) is 44.9 Å². The van der Waals surface area contributed by atoms with Gasteiger partial charge in [-0.1, -0.05) is 92.7 Å². The number of ether oxygens (including phenoxy) is 1. The van der Waals surface area contributed by atoms with Crippen molar-refractivity contribution >= 4 is 29.5 Å². The van der Waals surface area contributed by atoms with Crippen LogP contribution in [-0.4, -0.2) is 50.0 Å². The lowest BCUT2D eigenvalue weighted by atomic mass is 9.95. The molecular weight excluding hydrogens is 512 g/mol. The number of hydrogen-bond donors (Lipinski definition) is 0. The monoisotopic (exact) mass is 544 g/mol. The first-order valence-corrected chi connectivity index (χ1v) is 13.9. The molecular formula is C31H32N2O5S. The van der Waals surface area contributed by atoms with Gasteiger partial charge in [-0.3, -0.25) is 9.59 Å². The summed E-state index contributed by atoms with van der Waals surface area (Å²) in [5, 5.41) is 0.750. The van der Waals surface area contributed by atoms with Crippen LogP contribution in [0.4, 0.5) is 0 Å². The Labute approximate surface area is 233 Å². The first kappa shape index (κ1) is 26.8. The number of fused-ring (bicyclic) bond motifs is 1. The van der Waals surface area contributed by atoms with Crippen LogP contribution in [0.25, 0.3) is 0 Å². The van der Waals surface area contributed by atoms with Gasteiger partial charge in [-0.05, 0) is 37.1 Å². The van der Waals surface area contributed by atoms with Crippen molar-refractivity contribution in [1.82, 2.24) is 9.96 Å². The quantitative estimate of drug-likeness (QED) is 0.220. The van der Waals surface area contributed by atoms with E-state index in [1.807, 2.05) is 80.6 Å². The van der Waals surface area contributed by atoms with Crippen LogP contribution in [0.5, 0.6) is 5.75 Å². The summed E-state index contributed by atoms with van der Waals surface area (Å²) >= 11 is 1.48. The minimum Gasteiger partial charge on any atom is -0.451 e. The van der Waals surface area contributed by atoms with Gasteiger partial charge in [0.05, 0.1) is 0 Å². The number of hydroxylamine groups is 2. The van der Waals surface area contributed by atoms with E-state index in [9.17, 15) is 14.4 Å². The third-order valence-electron chi connectivity index (χ3n) is 6.99. The lowest BCUT2D eigenvalue weighted by Crippen LogP contribution is -2.72. The van der Waals surface area contributed by atoms with E-state index in [0.717, 1.165) is 11.1 Å². The first-order chi connectivity index (χ1) is 18.7. The highest BCUT2D eigenvalue weighted by Crippen LogP contribution is 2.53. The standard InChI is InChI=1S/C31H32N2O5S/c1-20(2)27(34)33(38-23-18-12-7-13-19-23)24-28(35)32-26(31(3,4)39-29(24)32)30(36)37-25(21-14-8-5-9-15-21)22-16-10-6-11-17-22/h5-20,24-26,29H,1-4H3/t24?,26?,29-/m1/s1. The zero-order chi connectivity index (χ0) is 27.7. The first-order valence-electron chi connectivity index (χ1n) is 13.1. The minimum absolute atomic E-state index is 0.297. The summed E-state index contributed by atoms with van der Waals surface area (Å²) in [6.07, 6.45) is -0.618. The van der Waals surface area contributed by atoms with Gasteiger partial charge in [-0.2, -0.15) is 5.06 Å². The van der Waals surface area contributed by atoms with Crippen molar-refractivity contribution in [2.45, 2.75) is 56.0 Å². The zero-order valence-corrected chi connectivity index (χ0v) is 23.2. The second kappa shape index (κ2) is 10.8. The highest BCUT2D eigenvalue weighted by Gasteiger charge is 2.67. The van der Waals surface area contributed by atoms with E-state index >= 15 is 0 Å². The number of rotatable bonds is 8. The largest absolute Gasteiger partial charge is 0.451 e. The Kier molecular flexibility index (Phi) is 7.40. The van der Waals surface area contributed by atoms with E-state index in [0.29, 0.717) is 5.75 Å². The van der Waals surface area contributed by atoms with Crippen molar-refractivity contribution in [1.29, 1.82) is 0 Å². The number of thioether (sulfide) groups is 1. The molecule has 8 heteroatoms. The average Bonchev–Trinajstić information content (AvgIpc) is 3.19. The number of nitrogens with zero attached hydrogens (tertiary/aromatic N) is 2. The van der Waals surface area contributed by atoms with Crippen LogP contribution in [-0.2, 0) is 19.1 Å². The number of benzene rings is 3. The number of β-lactam (4-membered cyclic amide) rings is 1. The van der Waals surface area contributed by atoms with Crippen LogP contribution in [0.2, 0.25) is 0 Å². The number of carbonyl (C=O) groups is 3. The van der Waals surface area contributed by atoms with Gasteiger partial charge in [0.25, 0.3) is 11.8 Å². The average molecular weight is 545 g/mol. The molecule has 0 saturated carbocycles. The van der Waals surface area contributed by atoms with Gasteiger partial charge in [-0.15, -0.1) is 11.8 Å². The van der Waals surface area contributed by atoms with Gasteiger partial charge >= 0.3 is 5.97 Å². The molecule has 0 aliphatic carbocycles. The summed E-state index contributed by atoms with van der Waals surface area (Å²) in [4.78, 5) is 48.2. The van der Waals surface area contributed by atoms with Gasteiger partial charge in [-0.25, -0.2) is 4.79 Å². The second-order valence-corrected chi connectivity index (χ2v) is 12.3. The number of hydrogen-bond acceptors (Lipinski definition) is 6. The molecule has 0 bridgehead atoms. The molecule has 202 valence electrons. The lowest BCUT2D eigenvalue weighted by Gasteiger charge is -2.47. The molecule has 3 atom stereocenters. The molecule has 0 aromatic heterocycles. The third kappa shape index (κ3) is 5.13. The summed E-state index contributed by atoms with van der Waals surface area (Å²) in [6, 6.07) is 26.4. The molecule has 2 aliphatic rings. The Morgan fingerprint density at radius 3 is 1.90 bits per heavy atom. The molecule has 2 fully saturated rings. The minimum atomic E-state index is -0.846. The molecule has 3 aromatic carbocycles. The Morgan fingerprint density at radius 2 is 1.38 bits per heavy atom. The van der Waals surface area contributed by atoms with Crippen molar-refractivity contribution in [3.05, 3.63) is 102 Å². The van der Waals surface area contributed by atoms with E-state index in [2.05, 4.69) is 0 Å². The van der Waals surface area contributed by atoms with E-state index in [1.165, 1.54) is 16.8 Å². The van der Waals surface area contributed by atoms with Crippen LogP contribution < -0.4 is 4.84 Å². The fourth-order valence-corrected chi connectivity index (χ4v) is 6.70. The molecule has 39 heavy (non-hydrogen) atoms. The van der Waals surface area contributed by atoms with Crippen molar-refractivity contribution in [2.75, 3.05) is 0 Å². The van der Waals surface area contributed by atoms with Crippen molar-refractivity contribution < 1.29 is 24.0 Å². The smallest absolute Gasteiger partial charge is 0.331 e. The molecule has 2 heterocycles. The van der Waals surface area contributed by atoms with Crippen LogP contribution >= 0.6 is 11.8 Å². The Hall–Kier alpha value is -3.78. The van der Waals surface area contributed by atoms with E-state index < -0.39 is 34.3 Å². The number of amides is 2. The van der Waals surface area contributed by atoms with Gasteiger partial charge < -0.3 is 14.5 Å². The van der Waals surface area contributed by atoms with E-state index in [-0.39, 0.29) is 17.7 Å². The number of esters is 1. The molecule has 0 radical (unpaired) electrons. The van der Waals surface area contributed by atoms with Crippen LogP contribution in [0, 0.1) is 5.92 Å². The maximum Gasteiger partial charge on any atom is 0.331 e. The fourth-order valence-electron chi connectivity index (χ4n) is 5.04. The predicted molar refractivity (Wildman–Crippen MR) is 149 cm³/mol. The predicted octanol–water partition coefficient (Wildman–Crippen LogP) is 5.23. The summed E-state index contributed by atoms with van der Waals surface area (Å²) in [7, 11) is 0. The van der Waals surface area contributed by atoms with Crippen LogP contribution in [0.15, 0.2) is 91.0 Å². The fraction of sp³-hybridized carbons (Fsp3) is 0.323. The topological polar surface area (TPSA) is 76.2 Å². The zero-order valence-electron chi connectivity index (χ0n) is 22.4. The highest BCUT2D eigenvalue weighted by molar-refractivity contribution is 8.01. The number of para-hydroxylation sites is 1. The Morgan fingerprint density at radius 1 is 0.872 bits per heavy atom. The molecule has 2 saturated heterocycles. The molecule has 0 spiro atoms. The van der Waals surface area contributed by atoms with Gasteiger partial charge in [0.1, 0.15) is 11.4 Å². The summed E-state index contributed by atoms with van der Waals surface area (Å²) < 4.78 is 5.51. The molecule has 2 aliphatic heterocycles. The Bertz CT molecular complexity index is 1290. The van der Waals surface area contributed by atoms with E-state index in [1.54, 1.807) is 43.0 Å². The second-order valence-electron chi connectivity index (χ2n) is 10.6. The van der Waals surface area contributed by atoms with Gasteiger partial charge in [0.15, 0.2) is 17.9 Å². The van der Waals surface area contributed by atoms with Crippen molar-refractivity contribution in [3.63, 3.8) is 0 Å². The maximum atomic E-state index is 13.8. The molecule has 0 N–H and O–H groups in total. The van der Waals surface area contributed by atoms with Crippen LogP contribution in [0.3, 0.4) is 0 Å². The van der Waals surface area contributed by atoms with E-state index in [4.69, 9.17) is 9.57 Å². The third-order valence-corrected chi connectivity index (χ3v) is 8.54. The molecule has 7 nitrogen and oxygen atoms in total. The molecule has 5 rings (SSSR count). The lowest BCUT2D eigenvalue weighted by molar-refractivity contribution is -0.197. The summed E-state index contributed by atoms with van der Waals surface area (Å²) in [5.74, 6) is -1.03. The van der Waals surface area contributed by atoms with Crippen molar-refractivity contribution in [3.8, 4) is 5.75 Å². The Balaban J connectivity index is 1.41. The van der Waals surface area contributed by atoms with Gasteiger partial charge in [0.2, 0.25) is 0 Å². The van der Waals surface area contributed by atoms with Crippen molar-refractivity contribution in [2.24, 2.45) is 5.92 Å². The molecule has 2 amide bonds. The molecule has 3 aromatic rings. The summed E-state index contributed by atoms with van der Waals surface area (Å²) in [6.45, 7) is 7.39.